The van der Waals surface area contributed by atoms with Crippen molar-refractivity contribution in [1.82, 2.24) is 29.6 Å². The number of nitrogens with one attached hydrogen (secondary N) is 1. The van der Waals surface area contributed by atoms with Gasteiger partial charge in [0.1, 0.15) is 12.4 Å². The van der Waals surface area contributed by atoms with Crippen LogP contribution >= 0.6 is 0 Å². The summed E-state index contributed by atoms with van der Waals surface area (Å²) in [5, 5.41) is 6.91. The fraction of sp³-hybridized carbons (Fsp3) is 0.278. The predicted molar refractivity (Wildman–Crippen MR) is 95.4 cm³/mol. The molecule has 0 atom stereocenters. The Balaban J connectivity index is 1.64. The zero-order valence-electron chi connectivity index (χ0n) is 14.7. The number of rotatable bonds is 6. The van der Waals surface area contributed by atoms with Gasteiger partial charge in [-0.15, -0.1) is 0 Å². The highest BCUT2D eigenvalue weighted by Crippen LogP contribution is 2.02. The molecule has 8 nitrogen and oxygen atoms in total. The van der Waals surface area contributed by atoms with Gasteiger partial charge < -0.3 is 5.32 Å². The minimum absolute atomic E-state index is 0.138. The number of nitrogens with zero attached hydrogens (tertiary/aromatic N) is 5. The van der Waals surface area contributed by atoms with Gasteiger partial charge in [0, 0.05) is 6.20 Å². The van der Waals surface area contributed by atoms with E-state index < -0.39 is 0 Å². The van der Waals surface area contributed by atoms with E-state index in [-0.39, 0.29) is 24.7 Å². The van der Waals surface area contributed by atoms with Crippen LogP contribution in [0.4, 0.5) is 0 Å². The monoisotopic (exact) mass is 352 g/mol. The fourth-order valence-electron chi connectivity index (χ4n) is 2.49. The molecule has 0 radical (unpaired) electrons. The molecule has 0 saturated carbocycles. The molecule has 0 unspecified atom stereocenters. The summed E-state index contributed by atoms with van der Waals surface area (Å²) >= 11 is 0. The van der Waals surface area contributed by atoms with E-state index in [1.165, 1.54) is 4.68 Å². The van der Waals surface area contributed by atoms with Gasteiger partial charge in [-0.1, -0.05) is 30.3 Å². The molecule has 8 heteroatoms. The Kier molecular flexibility index (Phi) is 5.21. The zero-order valence-corrected chi connectivity index (χ0v) is 14.7. The third-order valence-electron chi connectivity index (χ3n) is 3.89. The first-order chi connectivity index (χ1) is 12.5. The molecule has 134 valence electrons. The molecule has 0 spiro atoms. The molecular weight excluding hydrogens is 332 g/mol. The van der Waals surface area contributed by atoms with E-state index in [4.69, 9.17) is 0 Å². The van der Waals surface area contributed by atoms with Gasteiger partial charge in [-0.3, -0.25) is 19.3 Å². The van der Waals surface area contributed by atoms with Crippen LogP contribution in [0.15, 0.2) is 47.5 Å². The molecule has 0 fully saturated rings. The second-order valence-corrected chi connectivity index (χ2v) is 5.99. The van der Waals surface area contributed by atoms with Crippen molar-refractivity contribution >= 4 is 5.91 Å². The number of benzene rings is 1. The van der Waals surface area contributed by atoms with Crippen LogP contribution in [-0.4, -0.2) is 30.2 Å². The molecule has 1 N–H and O–H groups in total. The Morgan fingerprint density at radius 3 is 2.58 bits per heavy atom. The van der Waals surface area contributed by atoms with Gasteiger partial charge in [-0.2, -0.15) is 5.10 Å². The lowest BCUT2D eigenvalue weighted by atomic mass is 10.2. The lowest BCUT2D eigenvalue weighted by Gasteiger charge is -2.04. The molecule has 0 saturated heterocycles. The van der Waals surface area contributed by atoms with Crippen LogP contribution < -0.4 is 11.0 Å². The van der Waals surface area contributed by atoms with Crippen molar-refractivity contribution in [3.8, 4) is 0 Å². The van der Waals surface area contributed by atoms with Gasteiger partial charge in [0.25, 0.3) is 0 Å². The number of hydrogen-bond donors (Lipinski definition) is 1. The summed E-state index contributed by atoms with van der Waals surface area (Å²) in [5.41, 5.74) is 2.16. The van der Waals surface area contributed by atoms with Crippen LogP contribution in [0.25, 0.3) is 0 Å². The van der Waals surface area contributed by atoms with Crippen LogP contribution in [0, 0.1) is 13.8 Å². The Labute approximate surface area is 150 Å². The summed E-state index contributed by atoms with van der Waals surface area (Å²) in [6.45, 7) is 4.13. The first-order valence-electron chi connectivity index (χ1n) is 8.25. The van der Waals surface area contributed by atoms with Gasteiger partial charge in [0.15, 0.2) is 0 Å². The number of aromatic nitrogens is 5. The molecule has 2 aromatic heterocycles. The SMILES string of the molecule is Cc1cnc(CNC(=O)Cn2nc(C)n(Cc3ccccc3)c2=O)cn1. The largest absolute Gasteiger partial charge is 0.349 e. The van der Waals surface area contributed by atoms with Crippen LogP contribution in [0.3, 0.4) is 0 Å². The van der Waals surface area contributed by atoms with Crippen LogP contribution in [0.2, 0.25) is 0 Å². The van der Waals surface area contributed by atoms with Gasteiger partial charge in [-0.25, -0.2) is 9.48 Å². The van der Waals surface area contributed by atoms with E-state index in [0.29, 0.717) is 18.1 Å². The Morgan fingerprint density at radius 1 is 1.12 bits per heavy atom. The predicted octanol–water partition coefficient (Wildman–Crippen LogP) is 0.816. The maximum Gasteiger partial charge on any atom is 0.346 e. The smallest absolute Gasteiger partial charge is 0.346 e. The molecule has 0 bridgehead atoms. The highest BCUT2D eigenvalue weighted by atomic mass is 16.2. The number of amides is 1. The number of hydrogen-bond acceptors (Lipinski definition) is 5. The van der Waals surface area contributed by atoms with Gasteiger partial charge in [0.2, 0.25) is 5.91 Å². The minimum Gasteiger partial charge on any atom is -0.349 e. The third-order valence-corrected chi connectivity index (χ3v) is 3.89. The maximum absolute atomic E-state index is 12.5. The lowest BCUT2D eigenvalue weighted by Crippen LogP contribution is -2.33. The Hall–Kier alpha value is -3.29. The standard InChI is InChI=1S/C18H20N6O2/c1-13-8-20-16(9-19-13)10-21-17(25)12-24-18(26)23(14(2)22-24)11-15-6-4-3-5-7-15/h3-9H,10-12H2,1-2H3,(H,21,25). The summed E-state index contributed by atoms with van der Waals surface area (Å²) in [6, 6.07) is 9.64. The average molecular weight is 352 g/mol. The van der Waals surface area contributed by atoms with Gasteiger partial charge >= 0.3 is 5.69 Å². The number of carbonyl (C=O) groups excluding carboxylic acids is 1. The van der Waals surface area contributed by atoms with Crippen molar-refractivity contribution in [1.29, 1.82) is 0 Å². The Morgan fingerprint density at radius 2 is 1.88 bits per heavy atom. The molecule has 1 amide bonds. The molecule has 26 heavy (non-hydrogen) atoms. The summed E-state index contributed by atoms with van der Waals surface area (Å²) in [7, 11) is 0. The topological polar surface area (TPSA) is 94.7 Å². The van der Waals surface area contributed by atoms with E-state index >= 15 is 0 Å². The second kappa shape index (κ2) is 7.73. The highest BCUT2D eigenvalue weighted by molar-refractivity contribution is 5.75. The molecule has 3 rings (SSSR count). The van der Waals surface area contributed by atoms with Gasteiger partial charge in [0.05, 0.1) is 30.7 Å². The van der Waals surface area contributed by atoms with Crippen molar-refractivity contribution < 1.29 is 4.79 Å². The molecule has 2 heterocycles. The van der Waals surface area contributed by atoms with Crippen molar-refractivity contribution in [2.24, 2.45) is 0 Å². The van der Waals surface area contributed by atoms with Crippen molar-refractivity contribution in [2.45, 2.75) is 33.5 Å². The number of aryl methyl sites for hydroxylation is 2. The highest BCUT2D eigenvalue weighted by Gasteiger charge is 2.13. The third kappa shape index (κ3) is 4.21. The zero-order chi connectivity index (χ0) is 18.5. The molecular formula is C18H20N6O2. The van der Waals surface area contributed by atoms with Crippen molar-refractivity contribution in [3.05, 3.63) is 76.0 Å². The fourth-order valence-corrected chi connectivity index (χ4v) is 2.49. The second-order valence-electron chi connectivity index (χ2n) is 5.99. The quantitative estimate of drug-likeness (QED) is 0.709. The molecule has 0 aliphatic rings. The minimum atomic E-state index is -0.309. The molecule has 0 aliphatic heterocycles. The van der Waals surface area contributed by atoms with Crippen LogP contribution in [0.5, 0.6) is 0 Å². The van der Waals surface area contributed by atoms with E-state index in [0.717, 1.165) is 11.3 Å². The van der Waals surface area contributed by atoms with Crippen molar-refractivity contribution in [3.63, 3.8) is 0 Å². The van der Waals surface area contributed by atoms with E-state index in [9.17, 15) is 9.59 Å². The first kappa shape index (κ1) is 17.5. The van der Waals surface area contributed by atoms with Crippen LogP contribution in [-0.2, 0) is 24.4 Å². The molecule has 3 aromatic rings. The van der Waals surface area contributed by atoms with E-state index in [2.05, 4.69) is 20.4 Å². The van der Waals surface area contributed by atoms with Crippen molar-refractivity contribution in [2.75, 3.05) is 0 Å². The van der Waals surface area contributed by atoms with E-state index in [1.54, 1.807) is 23.9 Å². The first-order valence-corrected chi connectivity index (χ1v) is 8.25. The van der Waals surface area contributed by atoms with E-state index in [1.807, 2.05) is 37.3 Å². The number of carbonyl (C=O) groups is 1. The normalized spacial score (nSPS) is 10.7. The maximum atomic E-state index is 12.5. The average Bonchev–Trinajstić information content (AvgIpc) is 2.89. The molecule has 0 aliphatic carbocycles. The lowest BCUT2D eigenvalue weighted by molar-refractivity contribution is -0.122. The molecule has 1 aromatic carbocycles. The summed E-state index contributed by atoms with van der Waals surface area (Å²) in [6.07, 6.45) is 3.25. The summed E-state index contributed by atoms with van der Waals surface area (Å²) < 4.78 is 2.72. The van der Waals surface area contributed by atoms with Crippen LogP contribution in [0.1, 0.15) is 22.8 Å². The Bertz CT molecular complexity index is 944. The summed E-state index contributed by atoms with van der Waals surface area (Å²) in [4.78, 5) is 32.9. The summed E-state index contributed by atoms with van der Waals surface area (Å²) in [5.74, 6) is 0.259. The van der Waals surface area contributed by atoms with Gasteiger partial charge in [-0.05, 0) is 19.4 Å².